The molecule has 5 heteroatoms. The highest BCUT2D eigenvalue weighted by Crippen LogP contribution is 2.27. The van der Waals surface area contributed by atoms with Gasteiger partial charge in [0.1, 0.15) is 0 Å². The molecule has 15 heavy (non-hydrogen) atoms. The van der Waals surface area contributed by atoms with Crippen LogP contribution < -0.4 is 11.5 Å². The molecule has 2 unspecified atom stereocenters. The van der Waals surface area contributed by atoms with E-state index in [-0.39, 0.29) is 5.96 Å². The zero-order valence-corrected chi connectivity index (χ0v) is 9.53. The monoisotopic (exact) mass is 211 g/mol. The molecule has 86 valence electrons. The summed E-state index contributed by atoms with van der Waals surface area (Å²) in [6, 6.07) is 0.432. The number of aliphatic imine (C=N–C) groups is 1. The second-order valence-corrected chi connectivity index (χ2v) is 4.30. The van der Waals surface area contributed by atoms with Crippen LogP contribution in [0.15, 0.2) is 4.99 Å². The lowest BCUT2D eigenvalue weighted by Crippen LogP contribution is -2.46. The summed E-state index contributed by atoms with van der Waals surface area (Å²) in [4.78, 5) is 5.72. The molecule has 0 heterocycles. The lowest BCUT2D eigenvalue weighted by Gasteiger charge is -2.36. The number of nitrogens with two attached hydrogens (primary N) is 2. The van der Waals surface area contributed by atoms with Crippen LogP contribution in [-0.4, -0.2) is 29.9 Å². The molecule has 0 spiro atoms. The first-order valence-electron chi connectivity index (χ1n) is 5.43. The summed E-state index contributed by atoms with van der Waals surface area (Å²) in [7, 11) is 1.92. The predicted molar refractivity (Wildman–Crippen MR) is 62.7 cm³/mol. The van der Waals surface area contributed by atoms with E-state index in [1.807, 2.05) is 11.9 Å². The number of nitrogens with zero attached hydrogens (tertiary/aromatic N) is 2. The normalized spacial score (nSPS) is 27.5. The zero-order valence-electron chi connectivity index (χ0n) is 9.53. The van der Waals surface area contributed by atoms with Gasteiger partial charge in [-0.25, -0.2) is 0 Å². The minimum atomic E-state index is -0.234. The molecule has 0 aromatic carbocycles. The summed E-state index contributed by atoms with van der Waals surface area (Å²) < 4.78 is 0. The van der Waals surface area contributed by atoms with Gasteiger partial charge in [-0.1, -0.05) is 19.8 Å². The van der Waals surface area contributed by atoms with Crippen molar-refractivity contribution in [2.75, 3.05) is 7.05 Å². The van der Waals surface area contributed by atoms with Gasteiger partial charge in [-0.15, -0.1) is 0 Å². The number of hydrogen-bond donors (Lipinski definition) is 3. The summed E-state index contributed by atoms with van der Waals surface area (Å²) in [6.45, 7) is 2.24. The fraction of sp³-hybridized carbons (Fsp3) is 0.800. The van der Waals surface area contributed by atoms with E-state index >= 15 is 0 Å². The summed E-state index contributed by atoms with van der Waals surface area (Å²) in [5, 5.41) is 7.07. The van der Waals surface area contributed by atoms with Crippen LogP contribution in [-0.2, 0) is 0 Å². The predicted octanol–water partition coefficient (Wildman–Crippen LogP) is 0.705. The first-order valence-corrected chi connectivity index (χ1v) is 5.43. The molecule has 1 fully saturated rings. The molecule has 1 aliphatic rings. The molecule has 1 aliphatic carbocycles. The van der Waals surface area contributed by atoms with Crippen LogP contribution >= 0.6 is 0 Å². The van der Waals surface area contributed by atoms with Gasteiger partial charge in [-0.3, -0.25) is 5.41 Å². The van der Waals surface area contributed by atoms with Crippen molar-refractivity contribution in [2.24, 2.45) is 22.4 Å². The quantitative estimate of drug-likeness (QED) is 0.440. The first-order chi connectivity index (χ1) is 7.02. The summed E-state index contributed by atoms with van der Waals surface area (Å²) in [5.74, 6) is 0.744. The molecule has 1 rings (SSSR count). The van der Waals surface area contributed by atoms with E-state index in [2.05, 4.69) is 11.9 Å². The Balaban J connectivity index is 2.65. The first kappa shape index (κ1) is 11.8. The Hall–Kier alpha value is -1.26. The second-order valence-electron chi connectivity index (χ2n) is 4.30. The van der Waals surface area contributed by atoms with Crippen LogP contribution in [0.4, 0.5) is 0 Å². The van der Waals surface area contributed by atoms with Gasteiger partial charge in [0.15, 0.2) is 5.96 Å². The minimum Gasteiger partial charge on any atom is -0.369 e. The molecule has 5 N–H and O–H groups in total. The fourth-order valence-electron chi connectivity index (χ4n) is 2.24. The van der Waals surface area contributed by atoms with Crippen molar-refractivity contribution in [3.63, 3.8) is 0 Å². The van der Waals surface area contributed by atoms with Crippen LogP contribution in [0.25, 0.3) is 0 Å². The van der Waals surface area contributed by atoms with E-state index in [9.17, 15) is 0 Å². The van der Waals surface area contributed by atoms with Crippen LogP contribution in [0, 0.1) is 11.3 Å². The van der Waals surface area contributed by atoms with Crippen molar-refractivity contribution in [1.29, 1.82) is 5.41 Å². The van der Waals surface area contributed by atoms with E-state index in [1.165, 1.54) is 19.3 Å². The van der Waals surface area contributed by atoms with E-state index in [1.54, 1.807) is 0 Å². The van der Waals surface area contributed by atoms with Gasteiger partial charge in [-0.2, -0.15) is 4.99 Å². The SMILES string of the molecule is CC1CCCCC1N(C)/C(N)=N/C(=N)N. The Morgan fingerprint density at radius 1 is 1.33 bits per heavy atom. The fourth-order valence-corrected chi connectivity index (χ4v) is 2.24. The summed E-state index contributed by atoms with van der Waals surface area (Å²) >= 11 is 0. The lowest BCUT2D eigenvalue weighted by atomic mass is 9.85. The average Bonchev–Trinajstić information content (AvgIpc) is 2.16. The number of hydrogen-bond acceptors (Lipinski definition) is 1. The maximum atomic E-state index is 7.07. The van der Waals surface area contributed by atoms with E-state index < -0.39 is 0 Å². The minimum absolute atomic E-state index is 0.234. The summed E-state index contributed by atoms with van der Waals surface area (Å²) in [6.07, 6.45) is 4.93. The van der Waals surface area contributed by atoms with Gasteiger partial charge >= 0.3 is 0 Å². The van der Waals surface area contributed by atoms with Gasteiger partial charge in [0, 0.05) is 13.1 Å². The molecule has 0 radical (unpaired) electrons. The van der Waals surface area contributed by atoms with Crippen LogP contribution in [0.1, 0.15) is 32.6 Å². The number of rotatable bonds is 1. The molecule has 0 amide bonds. The maximum absolute atomic E-state index is 7.07. The van der Waals surface area contributed by atoms with Gasteiger partial charge in [0.05, 0.1) is 0 Å². The van der Waals surface area contributed by atoms with E-state index in [0.717, 1.165) is 6.42 Å². The van der Waals surface area contributed by atoms with Crippen molar-refractivity contribution in [3.8, 4) is 0 Å². The third-order valence-corrected chi connectivity index (χ3v) is 3.16. The largest absolute Gasteiger partial charge is 0.369 e. The Morgan fingerprint density at radius 3 is 2.47 bits per heavy atom. The lowest BCUT2D eigenvalue weighted by molar-refractivity contribution is 0.204. The van der Waals surface area contributed by atoms with Gasteiger partial charge in [0.2, 0.25) is 5.96 Å². The highest BCUT2D eigenvalue weighted by atomic mass is 15.3. The third kappa shape index (κ3) is 3.11. The third-order valence-electron chi connectivity index (χ3n) is 3.16. The second kappa shape index (κ2) is 5.00. The molecular weight excluding hydrogens is 190 g/mol. The van der Waals surface area contributed by atoms with Crippen LogP contribution in [0.2, 0.25) is 0 Å². The maximum Gasteiger partial charge on any atom is 0.215 e. The van der Waals surface area contributed by atoms with E-state index in [4.69, 9.17) is 16.9 Å². The molecule has 5 nitrogen and oxygen atoms in total. The molecular formula is C10H21N5. The van der Waals surface area contributed by atoms with Crippen molar-refractivity contribution in [1.82, 2.24) is 4.90 Å². The van der Waals surface area contributed by atoms with E-state index in [0.29, 0.717) is 17.9 Å². The van der Waals surface area contributed by atoms with Crippen molar-refractivity contribution in [2.45, 2.75) is 38.6 Å². The Bertz CT molecular complexity index is 261. The summed E-state index contributed by atoms with van der Waals surface area (Å²) in [5.41, 5.74) is 11.0. The van der Waals surface area contributed by atoms with Crippen LogP contribution in [0.5, 0.6) is 0 Å². The van der Waals surface area contributed by atoms with Gasteiger partial charge < -0.3 is 16.4 Å². The smallest absolute Gasteiger partial charge is 0.215 e. The number of guanidine groups is 2. The zero-order chi connectivity index (χ0) is 11.4. The standard InChI is InChI=1S/C10H21N5/c1-7-5-3-4-6-8(7)15(2)10(13)14-9(11)12/h7-8H,3-6H2,1-2H3,(H5,11,12,13,14). The van der Waals surface area contributed by atoms with Gasteiger partial charge in [-0.05, 0) is 18.8 Å². The molecule has 0 aromatic rings. The molecule has 1 saturated carbocycles. The molecule has 2 atom stereocenters. The molecule has 0 aliphatic heterocycles. The highest BCUT2D eigenvalue weighted by Gasteiger charge is 2.25. The highest BCUT2D eigenvalue weighted by molar-refractivity contribution is 5.91. The Morgan fingerprint density at radius 2 is 1.93 bits per heavy atom. The van der Waals surface area contributed by atoms with Crippen LogP contribution in [0.3, 0.4) is 0 Å². The number of nitrogens with one attached hydrogen (secondary N) is 1. The Kier molecular flexibility index (Phi) is 3.94. The van der Waals surface area contributed by atoms with Gasteiger partial charge in [0.25, 0.3) is 0 Å². The molecule has 0 bridgehead atoms. The molecule has 0 saturated heterocycles. The van der Waals surface area contributed by atoms with Crippen molar-refractivity contribution < 1.29 is 0 Å². The topological polar surface area (TPSA) is 91.5 Å². The molecule has 0 aromatic heterocycles. The Labute approximate surface area is 91.0 Å². The van der Waals surface area contributed by atoms with Crippen molar-refractivity contribution >= 4 is 11.9 Å². The van der Waals surface area contributed by atoms with Crippen molar-refractivity contribution in [3.05, 3.63) is 0 Å². The average molecular weight is 211 g/mol.